The molecule has 1 aromatic heterocycles. The fourth-order valence-electron chi connectivity index (χ4n) is 1.70. The number of hydrogen-bond acceptors (Lipinski definition) is 5. The monoisotopic (exact) mass is 292 g/mol. The van der Waals surface area contributed by atoms with Gasteiger partial charge in [0.2, 0.25) is 10.0 Å². The molecule has 0 aliphatic rings. The zero-order valence-electron chi connectivity index (χ0n) is 11.3. The van der Waals surface area contributed by atoms with E-state index in [0.29, 0.717) is 12.2 Å². The number of hydrogen-bond donors (Lipinski definition) is 2. The second-order valence-electron chi connectivity index (χ2n) is 4.40. The van der Waals surface area contributed by atoms with Crippen LogP contribution in [-0.2, 0) is 16.6 Å². The van der Waals surface area contributed by atoms with Gasteiger partial charge in [0.15, 0.2) is 0 Å². The van der Waals surface area contributed by atoms with Gasteiger partial charge < -0.3 is 5.32 Å². The van der Waals surface area contributed by atoms with Crippen LogP contribution in [0.1, 0.15) is 11.5 Å². The molecule has 2 rings (SSSR count). The van der Waals surface area contributed by atoms with Crippen LogP contribution in [0.15, 0.2) is 36.5 Å². The molecule has 0 radical (unpaired) electrons. The molecular weight excluding hydrogens is 276 g/mol. The maximum Gasteiger partial charge on any atom is 0.229 e. The van der Waals surface area contributed by atoms with Crippen LogP contribution in [0, 0.1) is 6.92 Å². The van der Waals surface area contributed by atoms with Gasteiger partial charge in [-0.15, -0.1) is 0 Å². The van der Waals surface area contributed by atoms with E-state index < -0.39 is 10.0 Å². The largest absolute Gasteiger partial charge is 0.379 e. The Morgan fingerprint density at radius 3 is 2.65 bits per heavy atom. The standard InChI is InChI=1S/C13H16N4O2S/c1-10-14-7-6-13(16-10)9-15-11-4-3-5-12(8-11)17-20(2,18)19/h3-8,15,17H,9H2,1-2H3. The van der Waals surface area contributed by atoms with Crippen molar-refractivity contribution in [3.8, 4) is 0 Å². The second-order valence-corrected chi connectivity index (χ2v) is 6.15. The molecule has 0 bridgehead atoms. The van der Waals surface area contributed by atoms with Gasteiger partial charge in [-0.05, 0) is 31.2 Å². The number of sulfonamides is 1. The van der Waals surface area contributed by atoms with Crippen LogP contribution in [0.3, 0.4) is 0 Å². The molecule has 0 saturated heterocycles. The van der Waals surface area contributed by atoms with Gasteiger partial charge in [0.05, 0.1) is 24.2 Å². The highest BCUT2D eigenvalue weighted by Gasteiger charge is 2.02. The van der Waals surface area contributed by atoms with Crippen molar-refractivity contribution in [2.75, 3.05) is 16.3 Å². The van der Waals surface area contributed by atoms with E-state index in [4.69, 9.17) is 0 Å². The molecule has 20 heavy (non-hydrogen) atoms. The van der Waals surface area contributed by atoms with E-state index in [1.54, 1.807) is 24.4 Å². The summed E-state index contributed by atoms with van der Waals surface area (Å²) in [6.45, 7) is 2.38. The summed E-state index contributed by atoms with van der Waals surface area (Å²) in [5.74, 6) is 0.719. The minimum atomic E-state index is -3.27. The number of nitrogens with zero attached hydrogens (tertiary/aromatic N) is 2. The SMILES string of the molecule is Cc1nccc(CNc2cccc(NS(C)(=O)=O)c2)n1. The average molecular weight is 292 g/mol. The lowest BCUT2D eigenvalue weighted by Crippen LogP contribution is -2.10. The molecule has 2 N–H and O–H groups in total. The summed E-state index contributed by atoms with van der Waals surface area (Å²) in [6.07, 6.45) is 2.83. The van der Waals surface area contributed by atoms with Crippen LogP contribution in [0.2, 0.25) is 0 Å². The summed E-state index contributed by atoms with van der Waals surface area (Å²) in [5, 5.41) is 3.19. The van der Waals surface area contributed by atoms with Crippen LogP contribution < -0.4 is 10.0 Å². The second kappa shape index (κ2) is 5.87. The summed E-state index contributed by atoms with van der Waals surface area (Å²) in [5.41, 5.74) is 2.21. The van der Waals surface area contributed by atoms with Crippen molar-refractivity contribution in [3.05, 3.63) is 48.0 Å². The maximum absolute atomic E-state index is 11.2. The lowest BCUT2D eigenvalue weighted by atomic mass is 10.3. The lowest BCUT2D eigenvalue weighted by Gasteiger charge is -2.09. The van der Waals surface area contributed by atoms with Crippen molar-refractivity contribution in [2.45, 2.75) is 13.5 Å². The van der Waals surface area contributed by atoms with Crippen LogP contribution in [0.4, 0.5) is 11.4 Å². The zero-order chi connectivity index (χ0) is 14.6. The van der Waals surface area contributed by atoms with Crippen molar-refractivity contribution < 1.29 is 8.42 Å². The summed E-state index contributed by atoms with van der Waals surface area (Å²) >= 11 is 0. The molecular formula is C13H16N4O2S. The van der Waals surface area contributed by atoms with Crippen molar-refractivity contribution in [2.24, 2.45) is 0 Å². The molecule has 6 nitrogen and oxygen atoms in total. The van der Waals surface area contributed by atoms with Crippen LogP contribution in [0.5, 0.6) is 0 Å². The van der Waals surface area contributed by atoms with Gasteiger partial charge in [0, 0.05) is 11.9 Å². The highest BCUT2D eigenvalue weighted by Crippen LogP contribution is 2.16. The van der Waals surface area contributed by atoms with Gasteiger partial charge >= 0.3 is 0 Å². The lowest BCUT2D eigenvalue weighted by molar-refractivity contribution is 0.607. The molecule has 0 saturated carbocycles. The van der Waals surface area contributed by atoms with Gasteiger partial charge in [-0.3, -0.25) is 4.72 Å². The van der Waals surface area contributed by atoms with E-state index >= 15 is 0 Å². The number of anilines is 2. The van der Waals surface area contributed by atoms with Crippen molar-refractivity contribution in [1.29, 1.82) is 0 Å². The Kier molecular flexibility index (Phi) is 4.19. The first-order chi connectivity index (χ1) is 9.42. The maximum atomic E-state index is 11.2. The van der Waals surface area contributed by atoms with Crippen molar-refractivity contribution in [1.82, 2.24) is 9.97 Å². The third kappa shape index (κ3) is 4.51. The molecule has 0 unspecified atom stereocenters. The fraction of sp³-hybridized carbons (Fsp3) is 0.231. The van der Waals surface area contributed by atoms with E-state index in [0.717, 1.165) is 23.5 Å². The summed E-state index contributed by atoms with van der Waals surface area (Å²) in [6, 6.07) is 8.90. The Hall–Kier alpha value is -2.15. The van der Waals surface area contributed by atoms with Crippen molar-refractivity contribution in [3.63, 3.8) is 0 Å². The van der Waals surface area contributed by atoms with Gasteiger partial charge in [-0.2, -0.15) is 0 Å². The normalized spacial score (nSPS) is 11.1. The summed E-state index contributed by atoms with van der Waals surface area (Å²) < 4.78 is 24.8. The third-order valence-corrected chi connectivity index (χ3v) is 3.08. The Labute approximate surface area is 118 Å². The number of rotatable bonds is 5. The minimum Gasteiger partial charge on any atom is -0.379 e. The number of aryl methyl sites for hydroxylation is 1. The third-order valence-electron chi connectivity index (χ3n) is 2.47. The van der Waals surface area contributed by atoms with E-state index in [1.165, 1.54) is 0 Å². The van der Waals surface area contributed by atoms with E-state index in [1.807, 2.05) is 19.1 Å². The highest BCUT2D eigenvalue weighted by molar-refractivity contribution is 7.92. The van der Waals surface area contributed by atoms with E-state index in [2.05, 4.69) is 20.0 Å². The highest BCUT2D eigenvalue weighted by atomic mass is 32.2. The van der Waals surface area contributed by atoms with Gasteiger partial charge in [-0.1, -0.05) is 6.07 Å². The minimum absolute atomic E-state index is 0.524. The summed E-state index contributed by atoms with van der Waals surface area (Å²) in [7, 11) is -3.27. The molecule has 1 aromatic carbocycles. The molecule has 0 amide bonds. The molecule has 1 heterocycles. The zero-order valence-corrected chi connectivity index (χ0v) is 12.1. The van der Waals surface area contributed by atoms with Crippen LogP contribution >= 0.6 is 0 Å². The Morgan fingerprint density at radius 2 is 1.95 bits per heavy atom. The average Bonchev–Trinajstić information content (AvgIpc) is 2.35. The molecule has 0 fully saturated rings. The van der Waals surface area contributed by atoms with E-state index in [-0.39, 0.29) is 0 Å². The first-order valence-corrected chi connectivity index (χ1v) is 7.92. The fourth-order valence-corrected chi connectivity index (χ4v) is 2.26. The quantitative estimate of drug-likeness (QED) is 0.877. The number of aromatic nitrogens is 2. The van der Waals surface area contributed by atoms with Crippen LogP contribution in [-0.4, -0.2) is 24.6 Å². The van der Waals surface area contributed by atoms with Gasteiger partial charge in [0.25, 0.3) is 0 Å². The predicted molar refractivity (Wildman–Crippen MR) is 79.0 cm³/mol. The topological polar surface area (TPSA) is 84.0 Å². The molecule has 0 aliphatic heterocycles. The molecule has 0 atom stereocenters. The van der Waals surface area contributed by atoms with Gasteiger partial charge in [-0.25, -0.2) is 18.4 Å². The molecule has 7 heteroatoms. The van der Waals surface area contributed by atoms with Gasteiger partial charge in [0.1, 0.15) is 5.82 Å². The molecule has 2 aromatic rings. The molecule has 0 aliphatic carbocycles. The molecule has 106 valence electrons. The Morgan fingerprint density at radius 1 is 1.20 bits per heavy atom. The smallest absolute Gasteiger partial charge is 0.229 e. The van der Waals surface area contributed by atoms with Crippen molar-refractivity contribution >= 4 is 21.4 Å². The Balaban J connectivity index is 2.05. The van der Waals surface area contributed by atoms with Crippen LogP contribution in [0.25, 0.3) is 0 Å². The number of benzene rings is 1. The Bertz CT molecular complexity index is 701. The number of nitrogens with one attached hydrogen (secondary N) is 2. The first kappa shape index (κ1) is 14.3. The molecule has 0 spiro atoms. The van der Waals surface area contributed by atoms with E-state index in [9.17, 15) is 8.42 Å². The summed E-state index contributed by atoms with van der Waals surface area (Å²) in [4.78, 5) is 8.32. The first-order valence-electron chi connectivity index (χ1n) is 6.03. The predicted octanol–water partition coefficient (Wildman–Crippen LogP) is 1.77.